The van der Waals surface area contributed by atoms with Crippen LogP contribution in [0, 0.1) is 5.92 Å². The van der Waals surface area contributed by atoms with E-state index in [2.05, 4.69) is 23.1 Å². The average Bonchev–Trinajstić information content (AvgIpc) is 3.24. The topological polar surface area (TPSA) is 69.8 Å². The quantitative estimate of drug-likeness (QED) is 0.642. The van der Waals surface area contributed by atoms with Crippen LogP contribution in [0.2, 0.25) is 0 Å². The molecule has 1 saturated heterocycles. The standard InChI is InChI=1S/C23H27N3O3S/c24-17(10-13-27-19-5-3-6-20-22(19)29-15-14-28-20)16-8-11-26(12-9-16)23-25-18-4-1-2-7-21(18)30-23/h1-7,16-17H,8-15,24H2. The fourth-order valence-corrected chi connectivity index (χ4v) is 5.23. The third-order valence-corrected chi connectivity index (χ3v) is 7.03. The Hall–Kier alpha value is -2.51. The summed E-state index contributed by atoms with van der Waals surface area (Å²) in [6.45, 7) is 3.74. The Bertz CT molecular complexity index is 967. The zero-order chi connectivity index (χ0) is 20.3. The van der Waals surface area contributed by atoms with Gasteiger partial charge in [0.05, 0.1) is 16.8 Å². The number of rotatable bonds is 6. The maximum atomic E-state index is 6.53. The second-order valence-electron chi connectivity index (χ2n) is 7.87. The molecule has 0 saturated carbocycles. The molecule has 5 rings (SSSR count). The summed E-state index contributed by atoms with van der Waals surface area (Å²) < 4.78 is 18.6. The predicted octanol–water partition coefficient (Wildman–Crippen LogP) is 4.08. The molecule has 30 heavy (non-hydrogen) atoms. The third-order valence-electron chi connectivity index (χ3n) is 5.94. The van der Waals surface area contributed by atoms with Crippen molar-refractivity contribution >= 4 is 26.7 Å². The van der Waals surface area contributed by atoms with E-state index in [1.165, 1.54) is 4.70 Å². The minimum absolute atomic E-state index is 0.138. The normalized spacial score (nSPS) is 17.8. The van der Waals surface area contributed by atoms with E-state index in [9.17, 15) is 0 Å². The van der Waals surface area contributed by atoms with Gasteiger partial charge in [0, 0.05) is 19.1 Å². The summed E-state index contributed by atoms with van der Waals surface area (Å²) >= 11 is 1.78. The first-order valence-electron chi connectivity index (χ1n) is 10.7. The molecule has 0 amide bonds. The maximum absolute atomic E-state index is 6.53. The Morgan fingerprint density at radius 3 is 2.80 bits per heavy atom. The fourth-order valence-electron chi connectivity index (χ4n) is 4.22. The molecular weight excluding hydrogens is 398 g/mol. The molecule has 1 aromatic heterocycles. The van der Waals surface area contributed by atoms with Crippen molar-refractivity contribution in [3.05, 3.63) is 42.5 Å². The molecule has 0 spiro atoms. The van der Waals surface area contributed by atoms with Crippen LogP contribution in [0.15, 0.2) is 42.5 Å². The van der Waals surface area contributed by atoms with Crippen LogP contribution in [0.25, 0.3) is 10.2 Å². The van der Waals surface area contributed by atoms with E-state index in [-0.39, 0.29) is 6.04 Å². The van der Waals surface area contributed by atoms with Gasteiger partial charge in [0.15, 0.2) is 16.6 Å². The summed E-state index contributed by atoms with van der Waals surface area (Å²) in [5.41, 5.74) is 7.62. The second kappa shape index (κ2) is 8.70. The van der Waals surface area contributed by atoms with Gasteiger partial charge in [-0.2, -0.15) is 0 Å². The molecule has 1 fully saturated rings. The molecule has 0 bridgehead atoms. The Morgan fingerprint density at radius 2 is 1.93 bits per heavy atom. The number of nitrogens with zero attached hydrogens (tertiary/aromatic N) is 2. The Labute approximate surface area is 180 Å². The number of ether oxygens (including phenoxy) is 3. The molecule has 158 valence electrons. The highest BCUT2D eigenvalue weighted by molar-refractivity contribution is 7.22. The van der Waals surface area contributed by atoms with Crippen molar-refractivity contribution in [2.75, 3.05) is 37.8 Å². The van der Waals surface area contributed by atoms with Crippen LogP contribution in [0.5, 0.6) is 17.2 Å². The van der Waals surface area contributed by atoms with Crippen LogP contribution in [-0.2, 0) is 0 Å². The molecule has 1 atom stereocenters. The third kappa shape index (κ3) is 4.04. The van der Waals surface area contributed by atoms with Crippen molar-refractivity contribution in [3.63, 3.8) is 0 Å². The first-order valence-corrected chi connectivity index (χ1v) is 11.5. The average molecular weight is 426 g/mol. The number of fused-ring (bicyclic) bond motifs is 2. The molecule has 0 radical (unpaired) electrons. The van der Waals surface area contributed by atoms with Crippen LogP contribution in [-0.4, -0.2) is 43.9 Å². The lowest BCUT2D eigenvalue weighted by molar-refractivity contribution is 0.160. The molecule has 2 aliphatic heterocycles. The number of para-hydroxylation sites is 2. The lowest BCUT2D eigenvalue weighted by Crippen LogP contribution is -2.41. The number of hydrogen-bond donors (Lipinski definition) is 1. The number of piperidine rings is 1. The predicted molar refractivity (Wildman–Crippen MR) is 120 cm³/mol. The Morgan fingerprint density at radius 1 is 1.10 bits per heavy atom. The summed E-state index contributed by atoms with van der Waals surface area (Å²) in [7, 11) is 0. The molecule has 2 aliphatic rings. The summed E-state index contributed by atoms with van der Waals surface area (Å²) in [4.78, 5) is 7.20. The largest absolute Gasteiger partial charge is 0.489 e. The molecule has 6 nitrogen and oxygen atoms in total. The highest BCUT2D eigenvalue weighted by atomic mass is 32.1. The minimum atomic E-state index is 0.138. The summed E-state index contributed by atoms with van der Waals surface area (Å²) in [6.07, 6.45) is 3.01. The van der Waals surface area contributed by atoms with Gasteiger partial charge in [0.2, 0.25) is 5.75 Å². The monoisotopic (exact) mass is 425 g/mol. The van der Waals surface area contributed by atoms with E-state index >= 15 is 0 Å². The van der Waals surface area contributed by atoms with Gasteiger partial charge in [-0.1, -0.05) is 29.5 Å². The van der Waals surface area contributed by atoms with Crippen molar-refractivity contribution in [3.8, 4) is 17.2 Å². The van der Waals surface area contributed by atoms with Gasteiger partial charge in [-0.25, -0.2) is 4.98 Å². The molecule has 3 heterocycles. The van der Waals surface area contributed by atoms with E-state index in [0.29, 0.717) is 31.5 Å². The molecule has 7 heteroatoms. The minimum Gasteiger partial charge on any atom is -0.489 e. The Balaban J connectivity index is 1.12. The highest BCUT2D eigenvalue weighted by Gasteiger charge is 2.26. The molecular formula is C23H27N3O3S. The lowest BCUT2D eigenvalue weighted by atomic mass is 9.88. The van der Waals surface area contributed by atoms with E-state index in [1.807, 2.05) is 24.3 Å². The Kier molecular flexibility index (Phi) is 5.64. The summed E-state index contributed by atoms with van der Waals surface area (Å²) in [5.74, 6) is 2.72. The number of benzene rings is 2. The lowest BCUT2D eigenvalue weighted by Gasteiger charge is -2.34. The maximum Gasteiger partial charge on any atom is 0.203 e. The van der Waals surface area contributed by atoms with E-state index in [4.69, 9.17) is 24.9 Å². The molecule has 2 aromatic carbocycles. The van der Waals surface area contributed by atoms with Gasteiger partial charge in [0.1, 0.15) is 13.2 Å². The smallest absolute Gasteiger partial charge is 0.203 e. The van der Waals surface area contributed by atoms with Crippen LogP contribution in [0.1, 0.15) is 19.3 Å². The van der Waals surface area contributed by atoms with Gasteiger partial charge in [-0.3, -0.25) is 0 Å². The van der Waals surface area contributed by atoms with Crippen molar-refractivity contribution in [2.45, 2.75) is 25.3 Å². The molecule has 3 aromatic rings. The van der Waals surface area contributed by atoms with E-state index in [1.54, 1.807) is 11.3 Å². The van der Waals surface area contributed by atoms with Crippen LogP contribution < -0.4 is 24.8 Å². The number of nitrogens with two attached hydrogens (primary N) is 1. The molecule has 1 unspecified atom stereocenters. The second-order valence-corrected chi connectivity index (χ2v) is 8.88. The van der Waals surface area contributed by atoms with E-state index in [0.717, 1.165) is 54.5 Å². The van der Waals surface area contributed by atoms with Crippen molar-refractivity contribution in [2.24, 2.45) is 11.7 Å². The van der Waals surface area contributed by atoms with Gasteiger partial charge in [-0.05, 0) is 49.4 Å². The van der Waals surface area contributed by atoms with Gasteiger partial charge >= 0.3 is 0 Å². The number of anilines is 1. The zero-order valence-corrected chi connectivity index (χ0v) is 17.8. The highest BCUT2D eigenvalue weighted by Crippen LogP contribution is 2.39. The first-order chi connectivity index (χ1) is 14.8. The van der Waals surface area contributed by atoms with Gasteiger partial charge in [0.25, 0.3) is 0 Å². The van der Waals surface area contributed by atoms with Crippen molar-refractivity contribution in [1.82, 2.24) is 4.98 Å². The molecule has 0 aliphatic carbocycles. The number of aromatic nitrogens is 1. The number of thiazole rings is 1. The van der Waals surface area contributed by atoms with Crippen LogP contribution in [0.3, 0.4) is 0 Å². The fraction of sp³-hybridized carbons (Fsp3) is 0.435. The number of hydrogen-bond acceptors (Lipinski definition) is 7. The van der Waals surface area contributed by atoms with Crippen LogP contribution in [0.4, 0.5) is 5.13 Å². The van der Waals surface area contributed by atoms with Crippen molar-refractivity contribution in [1.29, 1.82) is 0 Å². The summed E-state index contributed by atoms with van der Waals surface area (Å²) in [5, 5.41) is 1.13. The zero-order valence-electron chi connectivity index (χ0n) is 17.0. The van der Waals surface area contributed by atoms with Crippen LogP contribution >= 0.6 is 11.3 Å². The molecule has 2 N–H and O–H groups in total. The van der Waals surface area contributed by atoms with E-state index < -0.39 is 0 Å². The van der Waals surface area contributed by atoms with Gasteiger partial charge in [-0.15, -0.1) is 0 Å². The first kappa shape index (κ1) is 19.5. The SMILES string of the molecule is NC(CCOc1cccc2c1OCCO2)C1CCN(c2nc3ccccc3s2)CC1. The van der Waals surface area contributed by atoms with Crippen molar-refractivity contribution < 1.29 is 14.2 Å². The van der Waals surface area contributed by atoms with Gasteiger partial charge < -0.3 is 24.8 Å². The summed E-state index contributed by atoms with van der Waals surface area (Å²) in [6, 6.07) is 14.2.